The summed E-state index contributed by atoms with van der Waals surface area (Å²) in [6.45, 7) is 0. The molecule has 0 saturated heterocycles. The van der Waals surface area contributed by atoms with Crippen LogP contribution in [0.2, 0.25) is 0 Å². The first kappa shape index (κ1) is 16.9. The molecule has 160 valence electrons. The molecule has 0 heterocycles. The maximum Gasteiger partial charge on any atom is -0.0000925 e. The van der Waals surface area contributed by atoms with E-state index in [-0.39, 0.29) is 0 Å². The van der Waals surface area contributed by atoms with Gasteiger partial charge in [-0.1, -0.05) is 91.0 Å². The molecule has 0 saturated carbocycles. The molecule has 0 bridgehead atoms. The molecule has 0 nitrogen and oxygen atoms in total. The van der Waals surface area contributed by atoms with Crippen LogP contribution in [-0.2, 0) is 0 Å². The Kier molecular flexibility index (Phi) is 2.40. The van der Waals surface area contributed by atoms with Gasteiger partial charge in [0.25, 0.3) is 0 Å². The average molecular weight is 449 g/mol. The van der Waals surface area contributed by atoms with Gasteiger partial charge in [0.1, 0.15) is 0 Å². The van der Waals surface area contributed by atoms with Crippen LogP contribution in [0.25, 0.3) is 108 Å². The lowest BCUT2D eigenvalue weighted by atomic mass is 9.77. The third-order valence-electron chi connectivity index (χ3n) is 9.36. The van der Waals surface area contributed by atoms with Crippen LogP contribution in [0.15, 0.2) is 97.1 Å². The lowest BCUT2D eigenvalue weighted by Crippen LogP contribution is -1.96. The van der Waals surface area contributed by atoms with E-state index in [1.807, 2.05) is 0 Å². The van der Waals surface area contributed by atoms with E-state index in [1.165, 1.54) is 108 Å². The van der Waals surface area contributed by atoms with Crippen molar-refractivity contribution < 1.29 is 0 Å². The van der Waals surface area contributed by atoms with Crippen molar-refractivity contribution >= 4 is 108 Å². The standard InChI is InChI=1S/C36H16/c1-2-17-4-5-20-12-14-24-25-15-13-21-9-8-18-6-7-19-10-11-22-16-26-23(3-1)27(17)28(20)33(24)35(26)36-32(22)30(19)29(18)31(21)34(25)36/h1-16H. The van der Waals surface area contributed by atoms with Crippen LogP contribution < -0.4 is 0 Å². The normalized spacial score (nSPS) is 13.6. The van der Waals surface area contributed by atoms with Crippen LogP contribution in [0, 0.1) is 0 Å². The van der Waals surface area contributed by atoms with Crippen LogP contribution in [0.5, 0.6) is 0 Å². The van der Waals surface area contributed by atoms with Crippen molar-refractivity contribution in [3.63, 3.8) is 0 Å². The highest BCUT2D eigenvalue weighted by Crippen LogP contribution is 2.55. The molecule has 11 rings (SSSR count). The van der Waals surface area contributed by atoms with Gasteiger partial charge in [-0.2, -0.15) is 0 Å². The van der Waals surface area contributed by atoms with Crippen LogP contribution in [0.1, 0.15) is 0 Å². The summed E-state index contributed by atoms with van der Waals surface area (Å²) in [5, 5.41) is 28.0. The topological polar surface area (TPSA) is 0 Å². The Balaban J connectivity index is 1.69. The Morgan fingerprint density at radius 2 is 0.611 bits per heavy atom. The molecule has 0 N–H and O–H groups in total. The first-order valence-electron chi connectivity index (χ1n) is 12.8. The Bertz CT molecular complexity index is 2660. The maximum atomic E-state index is 2.48. The van der Waals surface area contributed by atoms with Gasteiger partial charge in [-0.25, -0.2) is 0 Å². The van der Waals surface area contributed by atoms with Gasteiger partial charge in [0.2, 0.25) is 0 Å². The Labute approximate surface area is 204 Å². The summed E-state index contributed by atoms with van der Waals surface area (Å²) in [5.74, 6) is 0. The number of hydrogen-bond donors (Lipinski definition) is 0. The van der Waals surface area contributed by atoms with Crippen molar-refractivity contribution in [1.29, 1.82) is 0 Å². The van der Waals surface area contributed by atoms with E-state index in [0.29, 0.717) is 0 Å². The van der Waals surface area contributed by atoms with Crippen LogP contribution in [-0.4, -0.2) is 0 Å². The highest BCUT2D eigenvalue weighted by molar-refractivity contribution is 6.53. The van der Waals surface area contributed by atoms with E-state index in [4.69, 9.17) is 0 Å². The van der Waals surface area contributed by atoms with Gasteiger partial charge < -0.3 is 0 Å². The van der Waals surface area contributed by atoms with Gasteiger partial charge in [0, 0.05) is 0 Å². The highest BCUT2D eigenvalue weighted by atomic mass is 14.3. The van der Waals surface area contributed by atoms with Crippen molar-refractivity contribution in [3.8, 4) is 0 Å². The lowest BCUT2D eigenvalue weighted by molar-refractivity contribution is 1.81. The molecular weight excluding hydrogens is 432 g/mol. The predicted octanol–water partition coefficient (Wildman–Crippen LogP) is 10.4. The Morgan fingerprint density at radius 1 is 0.222 bits per heavy atom. The quantitative estimate of drug-likeness (QED) is 0.160. The van der Waals surface area contributed by atoms with Crippen LogP contribution >= 0.6 is 0 Å². The summed E-state index contributed by atoms with van der Waals surface area (Å²) < 4.78 is 0. The van der Waals surface area contributed by atoms with Gasteiger partial charge in [0.05, 0.1) is 0 Å². The summed E-state index contributed by atoms with van der Waals surface area (Å²) >= 11 is 0. The third-order valence-corrected chi connectivity index (χ3v) is 9.36. The van der Waals surface area contributed by atoms with Gasteiger partial charge in [0.15, 0.2) is 0 Å². The summed E-state index contributed by atoms with van der Waals surface area (Å²) in [6, 6.07) is 37.3. The van der Waals surface area contributed by atoms with Gasteiger partial charge in [-0.3, -0.25) is 0 Å². The van der Waals surface area contributed by atoms with Crippen LogP contribution in [0.3, 0.4) is 0 Å². The van der Waals surface area contributed by atoms with E-state index < -0.39 is 0 Å². The van der Waals surface area contributed by atoms with Crippen molar-refractivity contribution in [2.75, 3.05) is 0 Å². The molecular formula is C36H16. The first-order chi connectivity index (χ1) is 17.9. The van der Waals surface area contributed by atoms with Crippen molar-refractivity contribution in [2.24, 2.45) is 0 Å². The molecule has 0 amide bonds. The first-order valence-corrected chi connectivity index (χ1v) is 12.8. The summed E-state index contributed by atoms with van der Waals surface area (Å²) in [7, 11) is 0. The molecule has 0 aliphatic heterocycles. The van der Waals surface area contributed by atoms with E-state index >= 15 is 0 Å². The number of hydrogen-bond acceptors (Lipinski definition) is 0. The molecule has 0 radical (unpaired) electrons. The third kappa shape index (κ3) is 1.55. The molecule has 36 heavy (non-hydrogen) atoms. The smallest absolute Gasteiger partial charge is 0.0000925 e. The number of fused-ring (bicyclic) bond motifs is 2. The molecule has 0 heteroatoms. The summed E-state index contributed by atoms with van der Waals surface area (Å²) in [6.07, 6.45) is 0. The second-order valence-corrected chi connectivity index (χ2v) is 10.8. The van der Waals surface area contributed by atoms with E-state index in [0.717, 1.165) is 0 Å². The zero-order chi connectivity index (χ0) is 22.9. The minimum atomic E-state index is 1.33. The fourth-order valence-electron chi connectivity index (χ4n) is 8.05. The Morgan fingerprint density at radius 3 is 1.25 bits per heavy atom. The number of benzene rings is 11. The van der Waals surface area contributed by atoms with E-state index in [2.05, 4.69) is 97.1 Å². The van der Waals surface area contributed by atoms with Crippen molar-refractivity contribution in [1.82, 2.24) is 0 Å². The minimum Gasteiger partial charge on any atom is -0.0610 e. The van der Waals surface area contributed by atoms with Gasteiger partial charge in [-0.15, -0.1) is 0 Å². The maximum absolute atomic E-state index is 2.48. The number of rotatable bonds is 0. The molecule has 11 aromatic rings. The average Bonchev–Trinajstić information content (AvgIpc) is 2.94. The second-order valence-electron chi connectivity index (χ2n) is 10.8. The van der Waals surface area contributed by atoms with E-state index in [1.54, 1.807) is 0 Å². The fraction of sp³-hybridized carbons (Fsp3) is 0. The van der Waals surface area contributed by atoms with E-state index in [9.17, 15) is 0 Å². The zero-order valence-electron chi connectivity index (χ0n) is 19.2. The highest BCUT2D eigenvalue weighted by Gasteiger charge is 2.26. The SMILES string of the molecule is c1cc2ccc3ccc4c5ccc6ccc7ccc8ccc9cc%10c(c1)c2c3c4c%10c1c9c8c7c6c51. The Hall–Kier alpha value is -4.68. The predicted molar refractivity (Wildman–Crippen MR) is 157 cm³/mol. The summed E-state index contributed by atoms with van der Waals surface area (Å²) in [5.41, 5.74) is 0. The lowest BCUT2D eigenvalue weighted by Gasteiger charge is -2.25. The van der Waals surface area contributed by atoms with Crippen molar-refractivity contribution in [3.05, 3.63) is 97.1 Å². The minimum absolute atomic E-state index is 1.33. The van der Waals surface area contributed by atoms with Gasteiger partial charge >= 0.3 is 0 Å². The fourth-order valence-corrected chi connectivity index (χ4v) is 8.05. The zero-order valence-corrected chi connectivity index (χ0v) is 19.2. The largest absolute Gasteiger partial charge is 0.0610 e. The molecule has 0 unspecified atom stereocenters. The molecule has 0 aliphatic rings. The van der Waals surface area contributed by atoms with Crippen LogP contribution in [0.4, 0.5) is 0 Å². The molecule has 0 atom stereocenters. The molecule has 0 aliphatic carbocycles. The van der Waals surface area contributed by atoms with Crippen molar-refractivity contribution in [2.45, 2.75) is 0 Å². The monoisotopic (exact) mass is 448 g/mol. The molecule has 11 aromatic carbocycles. The van der Waals surface area contributed by atoms with Gasteiger partial charge in [-0.05, 0) is 114 Å². The molecule has 0 fully saturated rings. The second kappa shape index (κ2) is 5.12. The molecule has 0 aromatic heterocycles. The summed E-state index contributed by atoms with van der Waals surface area (Å²) in [4.78, 5) is 0. The molecule has 0 spiro atoms.